The van der Waals surface area contributed by atoms with Crippen LogP contribution in [0.2, 0.25) is 0 Å². The molecule has 1 heterocycles. The Kier molecular flexibility index (Phi) is 4.03. The van der Waals surface area contributed by atoms with E-state index in [0.29, 0.717) is 5.70 Å². The zero-order chi connectivity index (χ0) is 14.8. The Bertz CT molecular complexity index is 685. The number of halogens is 1. The first-order valence-electron chi connectivity index (χ1n) is 6.45. The fourth-order valence-corrected chi connectivity index (χ4v) is 2.82. The summed E-state index contributed by atoms with van der Waals surface area (Å²) in [4.78, 5) is 14.2. The van der Waals surface area contributed by atoms with Gasteiger partial charge in [-0.2, -0.15) is 0 Å². The van der Waals surface area contributed by atoms with E-state index in [-0.39, 0.29) is 11.4 Å². The molecule has 2 aromatic rings. The van der Waals surface area contributed by atoms with Crippen molar-refractivity contribution < 1.29 is 4.79 Å². The number of carbonyl (C=O) groups is 1. The lowest BCUT2D eigenvalue weighted by atomic mass is 10.2. The topological polar surface area (TPSA) is 32.3 Å². The van der Waals surface area contributed by atoms with Gasteiger partial charge in [-0.3, -0.25) is 9.69 Å². The van der Waals surface area contributed by atoms with Crippen molar-refractivity contribution in [2.45, 2.75) is 5.50 Å². The van der Waals surface area contributed by atoms with Crippen molar-refractivity contribution in [3.8, 4) is 0 Å². The Morgan fingerprint density at radius 2 is 1.76 bits per heavy atom. The molecular weight excluding hydrogens is 348 g/mol. The van der Waals surface area contributed by atoms with Crippen LogP contribution in [-0.4, -0.2) is 11.4 Å². The molecule has 1 aliphatic rings. The van der Waals surface area contributed by atoms with E-state index in [1.54, 1.807) is 4.90 Å². The minimum atomic E-state index is -0.360. The lowest BCUT2D eigenvalue weighted by Crippen LogP contribution is -2.32. The van der Waals surface area contributed by atoms with E-state index in [1.807, 2.05) is 60.7 Å². The van der Waals surface area contributed by atoms with Crippen LogP contribution in [0.5, 0.6) is 0 Å². The molecule has 1 amide bonds. The average molecular weight is 361 g/mol. The first-order chi connectivity index (χ1) is 10.1. The Morgan fingerprint density at radius 3 is 2.43 bits per heavy atom. The standard InChI is InChI=1S/C16H13BrN2OS/c17-12-8-6-11(7-9-12)10-14-15(20)19(16(21)18-14)13-4-2-1-3-5-13/h1-10,16,18,21H. The predicted molar refractivity (Wildman–Crippen MR) is 92.0 cm³/mol. The quantitative estimate of drug-likeness (QED) is 0.632. The maximum atomic E-state index is 12.5. The van der Waals surface area contributed by atoms with Crippen molar-refractivity contribution in [1.29, 1.82) is 0 Å². The lowest BCUT2D eigenvalue weighted by Gasteiger charge is -2.19. The van der Waals surface area contributed by atoms with Gasteiger partial charge in [0.2, 0.25) is 0 Å². The van der Waals surface area contributed by atoms with E-state index in [2.05, 4.69) is 33.9 Å². The molecule has 0 spiro atoms. The van der Waals surface area contributed by atoms with Gasteiger partial charge in [0.1, 0.15) is 5.70 Å². The molecule has 0 saturated carbocycles. The lowest BCUT2D eigenvalue weighted by molar-refractivity contribution is -0.114. The molecule has 1 aliphatic heterocycles. The zero-order valence-corrected chi connectivity index (χ0v) is 13.5. The van der Waals surface area contributed by atoms with Crippen LogP contribution in [0.1, 0.15) is 5.56 Å². The summed E-state index contributed by atoms with van der Waals surface area (Å²) in [5.41, 5.74) is 1.97. The van der Waals surface area contributed by atoms with Gasteiger partial charge >= 0.3 is 0 Å². The molecule has 5 heteroatoms. The minimum Gasteiger partial charge on any atom is -0.352 e. The number of para-hydroxylation sites is 1. The first-order valence-corrected chi connectivity index (χ1v) is 7.76. The number of benzene rings is 2. The zero-order valence-electron chi connectivity index (χ0n) is 11.0. The van der Waals surface area contributed by atoms with Crippen LogP contribution in [0.4, 0.5) is 5.69 Å². The van der Waals surface area contributed by atoms with Gasteiger partial charge in [0.05, 0.1) is 0 Å². The molecule has 0 aromatic heterocycles. The smallest absolute Gasteiger partial charge is 0.276 e. The number of rotatable bonds is 2. The Morgan fingerprint density at radius 1 is 1.10 bits per heavy atom. The van der Waals surface area contributed by atoms with Crippen molar-refractivity contribution in [2.75, 3.05) is 4.90 Å². The van der Waals surface area contributed by atoms with Gasteiger partial charge in [-0.05, 0) is 35.9 Å². The molecule has 3 nitrogen and oxygen atoms in total. The Hall–Kier alpha value is -1.72. The Balaban J connectivity index is 1.90. The number of hydrogen-bond donors (Lipinski definition) is 2. The van der Waals surface area contributed by atoms with E-state index in [9.17, 15) is 4.79 Å². The monoisotopic (exact) mass is 360 g/mol. The van der Waals surface area contributed by atoms with Crippen LogP contribution < -0.4 is 10.2 Å². The van der Waals surface area contributed by atoms with Gasteiger partial charge in [-0.25, -0.2) is 0 Å². The highest BCUT2D eigenvalue weighted by molar-refractivity contribution is 9.10. The summed E-state index contributed by atoms with van der Waals surface area (Å²) < 4.78 is 1.01. The van der Waals surface area contributed by atoms with Crippen molar-refractivity contribution >= 4 is 46.2 Å². The van der Waals surface area contributed by atoms with Crippen molar-refractivity contribution in [2.24, 2.45) is 0 Å². The predicted octanol–water partition coefficient (Wildman–Crippen LogP) is 3.64. The van der Waals surface area contributed by atoms with Gasteiger partial charge in [0.15, 0.2) is 5.50 Å². The van der Waals surface area contributed by atoms with E-state index < -0.39 is 0 Å². The number of carbonyl (C=O) groups excluding carboxylic acids is 1. The fraction of sp³-hybridized carbons (Fsp3) is 0.0625. The number of hydrogen-bond acceptors (Lipinski definition) is 3. The molecular formula is C16H13BrN2OS. The summed E-state index contributed by atoms with van der Waals surface area (Å²) in [6, 6.07) is 17.3. The van der Waals surface area contributed by atoms with E-state index in [0.717, 1.165) is 15.7 Å². The van der Waals surface area contributed by atoms with Crippen LogP contribution in [0.3, 0.4) is 0 Å². The van der Waals surface area contributed by atoms with Crippen LogP contribution >= 0.6 is 28.6 Å². The number of nitrogens with one attached hydrogen (secondary N) is 1. The maximum Gasteiger partial charge on any atom is 0.276 e. The van der Waals surface area contributed by atoms with Gasteiger partial charge in [-0.1, -0.05) is 46.3 Å². The fourth-order valence-electron chi connectivity index (χ4n) is 2.18. The molecule has 0 radical (unpaired) electrons. The molecule has 1 saturated heterocycles. The van der Waals surface area contributed by atoms with Crippen molar-refractivity contribution in [1.82, 2.24) is 5.32 Å². The molecule has 1 unspecified atom stereocenters. The minimum absolute atomic E-state index is 0.0795. The average Bonchev–Trinajstić information content (AvgIpc) is 2.77. The second kappa shape index (κ2) is 5.95. The molecule has 3 rings (SSSR count). The second-order valence-corrected chi connectivity index (χ2v) is 6.04. The number of nitrogens with zero attached hydrogens (tertiary/aromatic N) is 1. The van der Waals surface area contributed by atoms with E-state index >= 15 is 0 Å². The third-order valence-electron chi connectivity index (χ3n) is 3.19. The SMILES string of the molecule is O=C1C(=Cc2ccc(Br)cc2)NC(S)N1c1ccccc1. The number of anilines is 1. The van der Waals surface area contributed by atoms with Crippen molar-refractivity contribution in [3.63, 3.8) is 0 Å². The number of amides is 1. The molecule has 0 aliphatic carbocycles. The highest BCUT2D eigenvalue weighted by Gasteiger charge is 2.33. The third-order valence-corrected chi connectivity index (χ3v) is 4.08. The third kappa shape index (κ3) is 2.99. The van der Waals surface area contributed by atoms with Crippen LogP contribution in [-0.2, 0) is 4.79 Å². The first kappa shape index (κ1) is 14.2. The normalized spacial score (nSPS) is 19.9. The van der Waals surface area contributed by atoms with Crippen LogP contribution in [0, 0.1) is 0 Å². The van der Waals surface area contributed by atoms with Gasteiger partial charge in [0.25, 0.3) is 5.91 Å². The molecule has 106 valence electrons. The molecule has 2 aromatic carbocycles. The second-order valence-electron chi connectivity index (χ2n) is 4.64. The van der Waals surface area contributed by atoms with E-state index in [1.165, 1.54) is 0 Å². The van der Waals surface area contributed by atoms with Gasteiger partial charge in [-0.15, -0.1) is 12.6 Å². The van der Waals surface area contributed by atoms with Gasteiger partial charge < -0.3 is 5.32 Å². The highest BCUT2D eigenvalue weighted by Crippen LogP contribution is 2.26. The highest BCUT2D eigenvalue weighted by atomic mass is 79.9. The van der Waals surface area contributed by atoms with Crippen molar-refractivity contribution in [3.05, 3.63) is 70.3 Å². The van der Waals surface area contributed by atoms with E-state index in [4.69, 9.17) is 0 Å². The summed E-state index contributed by atoms with van der Waals surface area (Å²) in [5.74, 6) is -0.0795. The molecule has 1 N–H and O–H groups in total. The molecule has 21 heavy (non-hydrogen) atoms. The summed E-state index contributed by atoms with van der Waals surface area (Å²) in [5, 5.41) is 3.11. The summed E-state index contributed by atoms with van der Waals surface area (Å²) in [7, 11) is 0. The van der Waals surface area contributed by atoms with Gasteiger partial charge in [0, 0.05) is 10.2 Å². The summed E-state index contributed by atoms with van der Waals surface area (Å²) >= 11 is 7.84. The largest absolute Gasteiger partial charge is 0.352 e. The molecule has 1 fully saturated rings. The molecule has 1 atom stereocenters. The summed E-state index contributed by atoms with van der Waals surface area (Å²) in [6.07, 6.45) is 1.83. The number of thiol groups is 1. The maximum absolute atomic E-state index is 12.5. The van der Waals surface area contributed by atoms with Crippen LogP contribution in [0.25, 0.3) is 6.08 Å². The molecule has 0 bridgehead atoms. The Labute approximate surface area is 137 Å². The van der Waals surface area contributed by atoms with Crippen LogP contribution in [0.15, 0.2) is 64.8 Å². The summed E-state index contributed by atoms with van der Waals surface area (Å²) in [6.45, 7) is 0.